The lowest BCUT2D eigenvalue weighted by Gasteiger charge is -2.09. The van der Waals surface area contributed by atoms with Gasteiger partial charge in [0, 0.05) is 32.2 Å². The van der Waals surface area contributed by atoms with Gasteiger partial charge >= 0.3 is 5.97 Å². The number of hydrogen-bond acceptors (Lipinski definition) is 4. The highest BCUT2D eigenvalue weighted by Crippen LogP contribution is 2.14. The molecule has 2 N–H and O–H groups in total. The number of nitrogens with one attached hydrogen (secondary N) is 1. The SMILES string of the molecule is COCCCOc1cccc(CNC(=O)c2cccc(C(=O)O)c2)c1. The van der Waals surface area contributed by atoms with Crippen molar-refractivity contribution in [3.8, 4) is 5.75 Å². The summed E-state index contributed by atoms with van der Waals surface area (Å²) in [5.41, 5.74) is 1.29. The molecule has 0 saturated heterocycles. The lowest BCUT2D eigenvalue weighted by atomic mass is 10.1. The summed E-state index contributed by atoms with van der Waals surface area (Å²) in [6.07, 6.45) is 0.803. The summed E-state index contributed by atoms with van der Waals surface area (Å²) in [7, 11) is 1.65. The lowest BCUT2D eigenvalue weighted by molar-refractivity contribution is 0.0697. The standard InChI is InChI=1S/C19H21NO5/c1-24-9-4-10-25-17-8-2-5-14(11-17)13-20-18(21)15-6-3-7-16(12-15)19(22)23/h2-3,5-8,11-12H,4,9-10,13H2,1H3,(H,20,21)(H,22,23). The second-order valence-electron chi connectivity index (χ2n) is 5.41. The molecule has 25 heavy (non-hydrogen) atoms. The molecule has 0 saturated carbocycles. The Labute approximate surface area is 146 Å². The van der Waals surface area contributed by atoms with E-state index in [4.69, 9.17) is 14.6 Å². The first kappa shape index (κ1) is 18.5. The Morgan fingerprint density at radius 3 is 2.56 bits per heavy atom. The van der Waals surface area contributed by atoms with Gasteiger partial charge in [0.2, 0.25) is 0 Å². The molecule has 132 valence electrons. The fourth-order valence-electron chi connectivity index (χ4n) is 2.22. The Morgan fingerprint density at radius 1 is 1.04 bits per heavy atom. The van der Waals surface area contributed by atoms with Crippen molar-refractivity contribution in [2.24, 2.45) is 0 Å². The third-order valence-corrected chi connectivity index (χ3v) is 3.48. The average molecular weight is 343 g/mol. The molecule has 0 heterocycles. The van der Waals surface area contributed by atoms with Crippen LogP contribution in [0.4, 0.5) is 0 Å². The van der Waals surface area contributed by atoms with Gasteiger partial charge in [-0.1, -0.05) is 18.2 Å². The summed E-state index contributed by atoms with van der Waals surface area (Å²) in [4.78, 5) is 23.1. The Bertz CT molecular complexity index is 729. The van der Waals surface area contributed by atoms with Gasteiger partial charge in [0.05, 0.1) is 12.2 Å². The van der Waals surface area contributed by atoms with Gasteiger partial charge in [-0.3, -0.25) is 4.79 Å². The van der Waals surface area contributed by atoms with Crippen molar-refractivity contribution in [1.29, 1.82) is 0 Å². The molecule has 0 atom stereocenters. The summed E-state index contributed by atoms with van der Waals surface area (Å²) in [6.45, 7) is 1.53. The highest BCUT2D eigenvalue weighted by molar-refractivity contribution is 5.97. The molecule has 0 aliphatic rings. The Balaban J connectivity index is 1.91. The number of benzene rings is 2. The topological polar surface area (TPSA) is 84.9 Å². The second-order valence-corrected chi connectivity index (χ2v) is 5.41. The van der Waals surface area contributed by atoms with E-state index in [1.807, 2.05) is 24.3 Å². The number of carboxylic acid groups (broad SMARTS) is 1. The number of methoxy groups -OCH3 is 1. The molecule has 2 aromatic rings. The molecule has 0 spiro atoms. The highest BCUT2D eigenvalue weighted by atomic mass is 16.5. The van der Waals surface area contributed by atoms with E-state index in [1.54, 1.807) is 19.2 Å². The van der Waals surface area contributed by atoms with Crippen LogP contribution in [-0.4, -0.2) is 37.3 Å². The predicted molar refractivity (Wildman–Crippen MR) is 93.0 cm³/mol. The van der Waals surface area contributed by atoms with Gasteiger partial charge in [0.25, 0.3) is 5.91 Å². The maximum absolute atomic E-state index is 12.2. The summed E-state index contributed by atoms with van der Waals surface area (Å²) >= 11 is 0. The van der Waals surface area contributed by atoms with Gasteiger partial charge in [-0.15, -0.1) is 0 Å². The number of carboxylic acids is 1. The van der Waals surface area contributed by atoms with E-state index in [0.717, 1.165) is 17.7 Å². The van der Waals surface area contributed by atoms with E-state index in [0.29, 0.717) is 25.3 Å². The number of carbonyl (C=O) groups is 2. The molecular formula is C19H21NO5. The molecule has 1 amide bonds. The van der Waals surface area contributed by atoms with Gasteiger partial charge in [0.1, 0.15) is 5.75 Å². The molecule has 0 bridgehead atoms. The lowest BCUT2D eigenvalue weighted by Crippen LogP contribution is -2.23. The molecule has 2 aromatic carbocycles. The molecule has 0 fully saturated rings. The average Bonchev–Trinajstić information content (AvgIpc) is 2.64. The number of amides is 1. The van der Waals surface area contributed by atoms with Crippen LogP contribution in [0, 0.1) is 0 Å². The van der Waals surface area contributed by atoms with E-state index >= 15 is 0 Å². The van der Waals surface area contributed by atoms with Crippen molar-refractivity contribution in [1.82, 2.24) is 5.32 Å². The van der Waals surface area contributed by atoms with E-state index in [-0.39, 0.29) is 11.5 Å². The van der Waals surface area contributed by atoms with Crippen LogP contribution < -0.4 is 10.1 Å². The van der Waals surface area contributed by atoms with Crippen LogP contribution in [0.2, 0.25) is 0 Å². The number of rotatable bonds is 9. The van der Waals surface area contributed by atoms with Crippen LogP contribution in [0.15, 0.2) is 48.5 Å². The first-order chi connectivity index (χ1) is 12.1. The van der Waals surface area contributed by atoms with E-state index in [9.17, 15) is 9.59 Å². The number of ether oxygens (including phenoxy) is 2. The van der Waals surface area contributed by atoms with Crippen LogP contribution in [0.3, 0.4) is 0 Å². The van der Waals surface area contributed by atoms with Crippen molar-refractivity contribution in [3.63, 3.8) is 0 Å². The highest BCUT2D eigenvalue weighted by Gasteiger charge is 2.09. The number of hydrogen-bond donors (Lipinski definition) is 2. The molecule has 0 aromatic heterocycles. The molecule has 6 heteroatoms. The van der Waals surface area contributed by atoms with Gasteiger partial charge in [0.15, 0.2) is 0 Å². The fourth-order valence-corrected chi connectivity index (χ4v) is 2.22. The molecule has 2 rings (SSSR count). The van der Waals surface area contributed by atoms with E-state index in [1.165, 1.54) is 12.1 Å². The molecule has 0 aliphatic heterocycles. The Kier molecular flexibility index (Phi) is 6.98. The zero-order valence-corrected chi connectivity index (χ0v) is 14.0. The first-order valence-corrected chi connectivity index (χ1v) is 7.92. The van der Waals surface area contributed by atoms with E-state index < -0.39 is 5.97 Å². The van der Waals surface area contributed by atoms with E-state index in [2.05, 4.69) is 5.32 Å². The molecular weight excluding hydrogens is 322 g/mol. The Morgan fingerprint density at radius 2 is 1.80 bits per heavy atom. The van der Waals surface area contributed by atoms with Crippen molar-refractivity contribution < 1.29 is 24.2 Å². The molecule has 0 aliphatic carbocycles. The van der Waals surface area contributed by atoms with Crippen LogP contribution in [0.1, 0.15) is 32.7 Å². The monoisotopic (exact) mass is 343 g/mol. The van der Waals surface area contributed by atoms with Crippen molar-refractivity contribution >= 4 is 11.9 Å². The summed E-state index contributed by atoms with van der Waals surface area (Å²) in [5, 5.41) is 11.8. The number of carbonyl (C=O) groups excluding carboxylic acids is 1. The minimum Gasteiger partial charge on any atom is -0.493 e. The normalized spacial score (nSPS) is 10.3. The Hall–Kier alpha value is -2.86. The van der Waals surface area contributed by atoms with Gasteiger partial charge in [-0.25, -0.2) is 4.79 Å². The van der Waals surface area contributed by atoms with Gasteiger partial charge in [-0.05, 0) is 35.9 Å². The second kappa shape index (κ2) is 9.44. The van der Waals surface area contributed by atoms with Gasteiger partial charge in [-0.2, -0.15) is 0 Å². The quantitative estimate of drug-likeness (QED) is 0.684. The van der Waals surface area contributed by atoms with Crippen LogP contribution in [0.25, 0.3) is 0 Å². The third kappa shape index (κ3) is 5.93. The zero-order chi connectivity index (χ0) is 18.1. The molecule has 0 radical (unpaired) electrons. The minimum atomic E-state index is -1.06. The van der Waals surface area contributed by atoms with Crippen LogP contribution in [0.5, 0.6) is 5.75 Å². The van der Waals surface area contributed by atoms with Crippen LogP contribution in [-0.2, 0) is 11.3 Å². The summed E-state index contributed by atoms with van der Waals surface area (Å²) < 4.78 is 10.6. The minimum absolute atomic E-state index is 0.0825. The third-order valence-electron chi connectivity index (χ3n) is 3.48. The van der Waals surface area contributed by atoms with Crippen molar-refractivity contribution in [2.45, 2.75) is 13.0 Å². The maximum Gasteiger partial charge on any atom is 0.335 e. The first-order valence-electron chi connectivity index (χ1n) is 7.92. The molecule has 6 nitrogen and oxygen atoms in total. The predicted octanol–water partition coefficient (Wildman–Crippen LogP) is 2.73. The largest absolute Gasteiger partial charge is 0.493 e. The smallest absolute Gasteiger partial charge is 0.335 e. The van der Waals surface area contributed by atoms with Gasteiger partial charge < -0.3 is 19.9 Å². The van der Waals surface area contributed by atoms with Crippen LogP contribution >= 0.6 is 0 Å². The summed E-state index contributed by atoms with van der Waals surface area (Å²) in [6, 6.07) is 13.4. The van der Waals surface area contributed by atoms with Crippen molar-refractivity contribution in [2.75, 3.05) is 20.3 Å². The maximum atomic E-state index is 12.2. The fraction of sp³-hybridized carbons (Fsp3) is 0.263. The zero-order valence-electron chi connectivity index (χ0n) is 14.0. The van der Waals surface area contributed by atoms with Crippen molar-refractivity contribution in [3.05, 3.63) is 65.2 Å². The molecule has 0 unspecified atom stereocenters. The summed E-state index contributed by atoms with van der Waals surface area (Å²) in [5.74, 6) is -0.654. The number of aromatic carboxylic acids is 1.